The number of aliphatic hydroxyl groups is 1. The van der Waals surface area contributed by atoms with E-state index in [-0.39, 0.29) is 0 Å². The number of pyridine rings is 1. The monoisotopic (exact) mass is 453 g/mol. The number of halogens is 5. The molecule has 0 radical (unpaired) electrons. The first kappa shape index (κ1) is 23.6. The van der Waals surface area contributed by atoms with Crippen molar-refractivity contribution in [2.45, 2.75) is 23.2 Å². The molecule has 0 aliphatic heterocycles. The molecule has 1 aromatic carbocycles. The van der Waals surface area contributed by atoms with E-state index in [0.29, 0.717) is 0 Å². The first-order chi connectivity index (χ1) is 13.8. The Morgan fingerprint density at radius 1 is 1.13 bits per heavy atom. The number of hydrogen-bond acceptors (Lipinski definition) is 5. The minimum Gasteiger partial charge on any atom is -0.382 e. The van der Waals surface area contributed by atoms with Gasteiger partial charge in [0.1, 0.15) is 10.6 Å². The summed E-state index contributed by atoms with van der Waals surface area (Å²) in [7, 11) is -3.38. The van der Waals surface area contributed by atoms with E-state index in [1.165, 1.54) is 18.2 Å². The predicted octanol–water partition coefficient (Wildman–Crippen LogP) is 2.10. The maximum atomic E-state index is 15.0. The molecular formula is C17H16F5N3O4S. The third kappa shape index (κ3) is 4.91. The number of amides is 1. The lowest BCUT2D eigenvalue weighted by molar-refractivity contribution is -0.223. The largest absolute Gasteiger partial charge is 0.416 e. The van der Waals surface area contributed by atoms with Crippen LogP contribution in [0.2, 0.25) is 0 Å². The Balaban J connectivity index is 2.63. The fourth-order valence-electron chi connectivity index (χ4n) is 2.40. The van der Waals surface area contributed by atoms with Crippen molar-refractivity contribution in [2.75, 3.05) is 13.6 Å². The van der Waals surface area contributed by atoms with E-state index >= 15 is 8.78 Å². The van der Waals surface area contributed by atoms with E-state index < -0.39 is 61.9 Å². The third-order valence-electron chi connectivity index (χ3n) is 3.97. The highest BCUT2D eigenvalue weighted by Gasteiger charge is 2.49. The molecule has 13 heteroatoms. The second kappa shape index (κ2) is 8.62. The molecule has 0 saturated heterocycles. The molecule has 2 rings (SSSR count). The maximum absolute atomic E-state index is 15.0. The molecule has 0 spiro atoms. The number of alkyl halides is 5. The van der Waals surface area contributed by atoms with Crippen molar-refractivity contribution in [2.24, 2.45) is 0 Å². The van der Waals surface area contributed by atoms with Crippen molar-refractivity contribution in [1.29, 1.82) is 0 Å². The quantitative estimate of drug-likeness (QED) is 0.494. The van der Waals surface area contributed by atoms with Gasteiger partial charge in [0, 0.05) is 11.8 Å². The van der Waals surface area contributed by atoms with Crippen molar-refractivity contribution in [1.82, 2.24) is 14.6 Å². The van der Waals surface area contributed by atoms with Gasteiger partial charge >= 0.3 is 12.2 Å². The zero-order valence-corrected chi connectivity index (χ0v) is 16.1. The summed E-state index contributed by atoms with van der Waals surface area (Å²) in [5.74, 6) is -1.82. The number of carbonyl (C=O) groups excluding carboxylic acids is 1. The summed E-state index contributed by atoms with van der Waals surface area (Å²) in [6.07, 6.45) is -7.71. The lowest BCUT2D eigenvalue weighted by atomic mass is 10.1. The number of benzene rings is 1. The normalized spacial score (nSPS) is 13.7. The summed E-state index contributed by atoms with van der Waals surface area (Å²) in [4.78, 5) is 14.9. The zero-order chi connectivity index (χ0) is 22.7. The Morgan fingerprint density at radius 2 is 1.73 bits per heavy atom. The van der Waals surface area contributed by atoms with Gasteiger partial charge in [0.2, 0.25) is 10.0 Å². The highest BCUT2D eigenvalue weighted by molar-refractivity contribution is 7.89. The second-order valence-corrected chi connectivity index (χ2v) is 7.79. The molecular weight excluding hydrogens is 437 g/mol. The lowest BCUT2D eigenvalue weighted by Crippen LogP contribution is -2.51. The van der Waals surface area contributed by atoms with E-state index in [0.717, 1.165) is 37.5 Å². The Morgan fingerprint density at radius 3 is 2.27 bits per heavy atom. The summed E-state index contributed by atoms with van der Waals surface area (Å²) < 4.78 is 94.7. The Kier molecular flexibility index (Phi) is 6.79. The molecule has 1 amide bonds. The van der Waals surface area contributed by atoms with Crippen LogP contribution in [0, 0.1) is 0 Å². The van der Waals surface area contributed by atoms with Crippen LogP contribution < -0.4 is 4.72 Å². The van der Waals surface area contributed by atoms with Crippen LogP contribution in [-0.4, -0.2) is 55.2 Å². The molecule has 30 heavy (non-hydrogen) atoms. The van der Waals surface area contributed by atoms with Crippen LogP contribution >= 0.6 is 0 Å². The summed E-state index contributed by atoms with van der Waals surface area (Å²) in [5.41, 5.74) is -1.88. The number of nitrogens with one attached hydrogen (secondary N) is 1. The molecule has 0 saturated carbocycles. The molecule has 1 atom stereocenters. The highest BCUT2D eigenvalue weighted by atomic mass is 32.2. The number of carbonyl (C=O) groups is 1. The molecule has 1 heterocycles. The van der Waals surface area contributed by atoms with Crippen molar-refractivity contribution in [3.8, 4) is 0 Å². The Labute approximate surface area is 168 Å². The van der Waals surface area contributed by atoms with E-state index in [1.54, 1.807) is 0 Å². The van der Waals surface area contributed by atoms with Crippen LogP contribution in [0.5, 0.6) is 0 Å². The SMILES string of the molecule is CNS(=O)(=O)c1cccnc1C(=O)N(CC(O)C(F)(F)F)C(F)(F)c1ccccc1. The first-order valence-corrected chi connectivity index (χ1v) is 9.69. The molecule has 0 fully saturated rings. The summed E-state index contributed by atoms with van der Waals surface area (Å²) in [6, 6.07) is 3.09. The highest BCUT2D eigenvalue weighted by Crippen LogP contribution is 2.35. The van der Waals surface area contributed by atoms with Gasteiger partial charge in [0.05, 0.1) is 6.54 Å². The third-order valence-corrected chi connectivity index (χ3v) is 5.42. The van der Waals surface area contributed by atoms with Crippen LogP contribution in [-0.2, 0) is 16.1 Å². The van der Waals surface area contributed by atoms with E-state index in [1.807, 2.05) is 4.72 Å². The number of hydrogen-bond donors (Lipinski definition) is 2. The summed E-state index contributed by atoms with van der Waals surface area (Å²) >= 11 is 0. The molecule has 1 unspecified atom stereocenters. The molecule has 2 aromatic rings. The number of nitrogens with zero attached hydrogens (tertiary/aromatic N) is 2. The maximum Gasteiger partial charge on any atom is 0.416 e. The predicted molar refractivity (Wildman–Crippen MR) is 93.9 cm³/mol. The van der Waals surface area contributed by atoms with Gasteiger partial charge in [-0.15, -0.1) is 0 Å². The first-order valence-electron chi connectivity index (χ1n) is 8.21. The van der Waals surface area contributed by atoms with E-state index in [2.05, 4.69) is 4.98 Å². The average Bonchev–Trinajstić information content (AvgIpc) is 2.71. The molecule has 0 bridgehead atoms. The van der Waals surface area contributed by atoms with Crippen LogP contribution in [0.4, 0.5) is 22.0 Å². The fourth-order valence-corrected chi connectivity index (χ4v) is 3.27. The number of sulfonamides is 1. The van der Waals surface area contributed by atoms with Crippen LogP contribution in [0.25, 0.3) is 0 Å². The summed E-state index contributed by atoms with van der Waals surface area (Å²) in [5, 5.41) is 9.33. The van der Waals surface area contributed by atoms with E-state index in [9.17, 15) is 31.5 Å². The van der Waals surface area contributed by atoms with Gasteiger partial charge in [-0.05, 0) is 19.2 Å². The molecule has 164 valence electrons. The fraction of sp³-hybridized carbons (Fsp3) is 0.294. The number of aliphatic hydroxyl groups excluding tert-OH is 1. The van der Waals surface area contributed by atoms with Crippen LogP contribution in [0.1, 0.15) is 16.1 Å². The van der Waals surface area contributed by atoms with E-state index in [4.69, 9.17) is 0 Å². The van der Waals surface area contributed by atoms with Gasteiger partial charge < -0.3 is 5.11 Å². The number of aromatic nitrogens is 1. The van der Waals surface area contributed by atoms with Gasteiger partial charge in [-0.25, -0.2) is 18.1 Å². The number of rotatable bonds is 7. The van der Waals surface area contributed by atoms with Gasteiger partial charge in [0.25, 0.3) is 5.91 Å². The van der Waals surface area contributed by atoms with Crippen molar-refractivity contribution in [3.63, 3.8) is 0 Å². The Bertz CT molecular complexity index is 1000. The second-order valence-electron chi connectivity index (χ2n) is 5.94. The minimum atomic E-state index is -5.31. The van der Waals surface area contributed by atoms with Crippen LogP contribution in [0.15, 0.2) is 53.6 Å². The average molecular weight is 453 g/mol. The van der Waals surface area contributed by atoms with Crippen molar-refractivity contribution >= 4 is 15.9 Å². The smallest absolute Gasteiger partial charge is 0.382 e. The molecule has 0 aliphatic rings. The van der Waals surface area contributed by atoms with Crippen molar-refractivity contribution in [3.05, 3.63) is 59.9 Å². The minimum absolute atomic E-state index is 0.558. The Hall–Kier alpha value is -2.64. The van der Waals surface area contributed by atoms with Crippen molar-refractivity contribution < 1.29 is 40.3 Å². The zero-order valence-electron chi connectivity index (χ0n) is 15.3. The molecule has 1 aromatic heterocycles. The molecule has 7 nitrogen and oxygen atoms in total. The van der Waals surface area contributed by atoms with Crippen LogP contribution in [0.3, 0.4) is 0 Å². The molecule has 0 aliphatic carbocycles. The van der Waals surface area contributed by atoms with Gasteiger partial charge in [-0.2, -0.15) is 22.0 Å². The van der Waals surface area contributed by atoms with Gasteiger partial charge in [0.15, 0.2) is 6.10 Å². The van der Waals surface area contributed by atoms with Gasteiger partial charge in [-0.1, -0.05) is 30.3 Å². The standard InChI is InChI=1S/C17H16F5N3O4S/c1-23-30(28,29)12-8-5-9-24-14(12)15(27)25(10-13(26)16(18,19)20)17(21,22)11-6-3-2-4-7-11/h2-9,13,23,26H,10H2,1H3. The van der Waals surface area contributed by atoms with Gasteiger partial charge in [-0.3, -0.25) is 9.69 Å². The summed E-state index contributed by atoms with van der Waals surface area (Å²) in [6.45, 7) is -1.86. The lowest BCUT2D eigenvalue weighted by Gasteiger charge is -2.33. The topological polar surface area (TPSA) is 99.6 Å². The molecule has 2 N–H and O–H groups in total.